The number of ether oxygens (including phenoxy) is 3. The second-order valence-corrected chi connectivity index (χ2v) is 8.40. The van der Waals surface area contributed by atoms with Gasteiger partial charge in [-0.1, -0.05) is 0 Å². The lowest BCUT2D eigenvalue weighted by atomic mass is 10.2. The topological polar surface area (TPSA) is 96.1 Å². The van der Waals surface area contributed by atoms with Crippen LogP contribution in [0, 0.1) is 0 Å². The Balaban J connectivity index is 1.49. The van der Waals surface area contributed by atoms with Crippen molar-refractivity contribution >= 4 is 17.2 Å². The number of carbonyl (C=O) groups excluding carboxylic acids is 1. The molecule has 0 radical (unpaired) electrons. The van der Waals surface area contributed by atoms with Gasteiger partial charge >= 0.3 is 0 Å². The largest absolute Gasteiger partial charge is 0.490 e. The Labute approximate surface area is 184 Å². The number of hydrogen-bond acceptors (Lipinski definition) is 6. The number of rotatable bonds is 6. The smallest absolute Gasteiger partial charge is 0.274 e. The van der Waals surface area contributed by atoms with Gasteiger partial charge in [-0.15, -0.1) is 0 Å². The van der Waals surface area contributed by atoms with E-state index in [2.05, 4.69) is 10.3 Å². The third-order valence-electron chi connectivity index (χ3n) is 5.49. The number of pyridine rings is 2. The van der Waals surface area contributed by atoms with Gasteiger partial charge in [0.25, 0.3) is 11.5 Å². The van der Waals surface area contributed by atoms with Crippen LogP contribution >= 0.6 is 0 Å². The maximum Gasteiger partial charge on any atom is 0.274 e. The van der Waals surface area contributed by atoms with E-state index in [9.17, 15) is 9.59 Å². The fraction of sp³-hybridized carbons (Fsp3) is 0.435. The van der Waals surface area contributed by atoms with Crippen molar-refractivity contribution in [3.63, 3.8) is 0 Å². The molecule has 9 nitrogen and oxygen atoms in total. The summed E-state index contributed by atoms with van der Waals surface area (Å²) < 4.78 is 20.6. The van der Waals surface area contributed by atoms with Gasteiger partial charge in [0.1, 0.15) is 23.2 Å². The van der Waals surface area contributed by atoms with Gasteiger partial charge in [0.2, 0.25) is 0 Å². The average Bonchev–Trinajstić information content (AvgIpc) is 3.53. The minimum atomic E-state index is -0.416. The van der Waals surface area contributed by atoms with Gasteiger partial charge in [0.05, 0.1) is 37.2 Å². The highest BCUT2D eigenvalue weighted by Gasteiger charge is 2.26. The first-order valence-corrected chi connectivity index (χ1v) is 10.9. The highest BCUT2D eigenvalue weighted by atomic mass is 16.6. The van der Waals surface area contributed by atoms with Crippen LogP contribution in [0.2, 0.25) is 0 Å². The SMILES string of the molecule is CC(C)Oc1cc2nc(C3COCCO3)cn2cc1C(=O)Nc1cccn(C2CC2)c1=O. The molecule has 3 aromatic rings. The van der Waals surface area contributed by atoms with Crippen molar-refractivity contribution in [1.82, 2.24) is 14.0 Å². The quantitative estimate of drug-likeness (QED) is 0.636. The van der Waals surface area contributed by atoms with Crippen LogP contribution in [-0.4, -0.2) is 45.8 Å². The van der Waals surface area contributed by atoms with Gasteiger partial charge in [0.15, 0.2) is 0 Å². The van der Waals surface area contributed by atoms with Crippen LogP contribution in [-0.2, 0) is 9.47 Å². The minimum absolute atomic E-state index is 0.141. The maximum absolute atomic E-state index is 13.2. The van der Waals surface area contributed by atoms with Crippen LogP contribution in [0.4, 0.5) is 5.69 Å². The molecule has 1 atom stereocenters. The Kier molecular flexibility index (Phi) is 5.44. The lowest BCUT2D eigenvalue weighted by Crippen LogP contribution is -2.25. The number of amides is 1. The van der Waals surface area contributed by atoms with E-state index < -0.39 is 5.91 Å². The predicted molar refractivity (Wildman–Crippen MR) is 117 cm³/mol. The van der Waals surface area contributed by atoms with Crippen LogP contribution in [0.5, 0.6) is 5.75 Å². The molecular weight excluding hydrogens is 412 g/mol. The molecule has 1 aliphatic heterocycles. The first kappa shape index (κ1) is 20.7. The predicted octanol–water partition coefficient (Wildman–Crippen LogP) is 2.96. The lowest BCUT2D eigenvalue weighted by Gasteiger charge is -2.20. The first-order chi connectivity index (χ1) is 15.5. The van der Waals surface area contributed by atoms with E-state index in [1.165, 1.54) is 0 Å². The van der Waals surface area contributed by atoms with Crippen molar-refractivity contribution in [3.8, 4) is 5.75 Å². The summed E-state index contributed by atoms with van der Waals surface area (Å²) in [6.07, 6.45) is 6.84. The molecule has 1 saturated carbocycles. The van der Waals surface area contributed by atoms with Gasteiger partial charge in [-0.2, -0.15) is 0 Å². The van der Waals surface area contributed by atoms with E-state index >= 15 is 0 Å². The van der Waals surface area contributed by atoms with Gasteiger partial charge in [-0.3, -0.25) is 9.59 Å². The summed E-state index contributed by atoms with van der Waals surface area (Å²) in [6, 6.07) is 5.36. The highest BCUT2D eigenvalue weighted by molar-refractivity contribution is 6.06. The monoisotopic (exact) mass is 438 g/mol. The fourth-order valence-corrected chi connectivity index (χ4v) is 3.81. The highest BCUT2D eigenvalue weighted by Crippen LogP contribution is 2.33. The molecule has 1 unspecified atom stereocenters. The normalized spacial score (nSPS) is 18.8. The maximum atomic E-state index is 13.2. The number of nitrogens with zero attached hydrogens (tertiary/aromatic N) is 3. The van der Waals surface area contributed by atoms with E-state index in [1.54, 1.807) is 39.6 Å². The molecule has 5 rings (SSSR count). The molecule has 4 heterocycles. The summed E-state index contributed by atoms with van der Waals surface area (Å²) in [4.78, 5) is 30.6. The number of carbonyl (C=O) groups is 1. The van der Waals surface area contributed by atoms with Crippen molar-refractivity contribution in [1.29, 1.82) is 0 Å². The van der Waals surface area contributed by atoms with E-state index in [0.717, 1.165) is 18.5 Å². The Morgan fingerprint density at radius 1 is 1.28 bits per heavy atom. The second kappa shape index (κ2) is 8.40. The zero-order valence-electron chi connectivity index (χ0n) is 18.1. The van der Waals surface area contributed by atoms with Crippen molar-refractivity contribution in [2.45, 2.75) is 44.9 Å². The van der Waals surface area contributed by atoms with Crippen LogP contribution in [0.25, 0.3) is 5.65 Å². The molecule has 32 heavy (non-hydrogen) atoms. The first-order valence-electron chi connectivity index (χ1n) is 10.9. The van der Waals surface area contributed by atoms with Crippen LogP contribution in [0.15, 0.2) is 41.6 Å². The third-order valence-corrected chi connectivity index (χ3v) is 5.49. The van der Waals surface area contributed by atoms with E-state index in [1.807, 2.05) is 20.0 Å². The summed E-state index contributed by atoms with van der Waals surface area (Å²) in [5, 5.41) is 2.77. The van der Waals surface area contributed by atoms with Crippen molar-refractivity contribution < 1.29 is 19.0 Å². The van der Waals surface area contributed by atoms with Crippen LogP contribution in [0.3, 0.4) is 0 Å². The molecular formula is C23H26N4O5. The Hall–Kier alpha value is -3.17. The molecule has 3 aromatic heterocycles. The molecule has 2 aliphatic rings. The van der Waals surface area contributed by atoms with Crippen molar-refractivity contribution in [2.24, 2.45) is 0 Å². The van der Waals surface area contributed by atoms with Crippen LogP contribution in [0.1, 0.15) is 54.9 Å². The zero-order valence-corrected chi connectivity index (χ0v) is 18.1. The number of anilines is 1. The molecule has 0 bridgehead atoms. The van der Waals surface area contributed by atoms with Gasteiger partial charge in [-0.05, 0) is 38.8 Å². The molecule has 1 amide bonds. The standard InChI is InChI=1S/C23H26N4O5/c1-14(2)32-19-10-21-24-18(20-13-30-8-9-31-20)12-26(21)11-16(19)22(28)25-17-4-3-7-27(23(17)29)15-5-6-15/h3-4,7,10-12,14-15,20H,5-6,8-9,13H2,1-2H3,(H,25,28). The number of hydrogen-bond donors (Lipinski definition) is 1. The van der Waals surface area contributed by atoms with E-state index in [0.29, 0.717) is 36.8 Å². The molecule has 9 heteroatoms. The Morgan fingerprint density at radius 3 is 2.84 bits per heavy atom. The van der Waals surface area contributed by atoms with E-state index in [-0.39, 0.29) is 29.5 Å². The van der Waals surface area contributed by atoms with E-state index in [4.69, 9.17) is 14.2 Å². The third kappa shape index (κ3) is 4.13. The molecule has 2 fully saturated rings. The number of imidazole rings is 1. The van der Waals surface area contributed by atoms with Gasteiger partial charge < -0.3 is 28.5 Å². The summed E-state index contributed by atoms with van der Waals surface area (Å²) in [7, 11) is 0. The molecule has 1 aliphatic carbocycles. The molecule has 168 valence electrons. The van der Waals surface area contributed by atoms with Crippen molar-refractivity contribution in [3.05, 3.63) is 58.4 Å². The average molecular weight is 438 g/mol. The summed E-state index contributed by atoms with van der Waals surface area (Å²) in [5.74, 6) is -0.0119. The van der Waals surface area contributed by atoms with Gasteiger partial charge in [0, 0.05) is 30.7 Å². The fourth-order valence-electron chi connectivity index (χ4n) is 3.81. The molecule has 0 spiro atoms. The van der Waals surface area contributed by atoms with Crippen LogP contribution < -0.4 is 15.6 Å². The minimum Gasteiger partial charge on any atom is -0.490 e. The number of fused-ring (bicyclic) bond motifs is 1. The van der Waals surface area contributed by atoms with Crippen molar-refractivity contribution in [2.75, 3.05) is 25.1 Å². The summed E-state index contributed by atoms with van der Waals surface area (Å²) >= 11 is 0. The molecule has 0 aromatic carbocycles. The Bertz CT molecular complexity index is 1200. The number of nitrogens with one attached hydrogen (secondary N) is 1. The summed E-state index contributed by atoms with van der Waals surface area (Å²) in [5.41, 5.74) is 1.73. The molecule has 1 saturated heterocycles. The summed E-state index contributed by atoms with van der Waals surface area (Å²) in [6.45, 7) is 5.31. The Morgan fingerprint density at radius 2 is 2.12 bits per heavy atom. The number of aromatic nitrogens is 3. The zero-order chi connectivity index (χ0) is 22.2. The second-order valence-electron chi connectivity index (χ2n) is 8.40. The lowest BCUT2D eigenvalue weighted by molar-refractivity contribution is -0.0916. The van der Waals surface area contributed by atoms with Gasteiger partial charge in [-0.25, -0.2) is 4.98 Å². The molecule has 1 N–H and O–H groups in total.